The first-order chi connectivity index (χ1) is 14.8. The number of carbonyl (C=O) groups is 2. The highest BCUT2D eigenvalue weighted by atomic mass is 16.6. The van der Waals surface area contributed by atoms with Crippen molar-refractivity contribution >= 4 is 35.5 Å². The van der Waals surface area contributed by atoms with Gasteiger partial charge in [-0.1, -0.05) is 30.0 Å². The van der Waals surface area contributed by atoms with Crippen LogP contribution in [0.1, 0.15) is 59.7 Å². The Morgan fingerprint density at radius 3 is 1.94 bits per heavy atom. The van der Waals surface area contributed by atoms with E-state index in [1.54, 1.807) is 53.7 Å². The maximum Gasteiger partial charge on any atom is 0.425 e. The van der Waals surface area contributed by atoms with Crippen molar-refractivity contribution in [3.05, 3.63) is 48.2 Å². The number of allylic oxidation sites excluding steroid dienone is 1. The Labute approximate surface area is 188 Å². The highest BCUT2D eigenvalue weighted by Gasteiger charge is 2.37. The van der Waals surface area contributed by atoms with Crippen molar-refractivity contribution < 1.29 is 19.1 Å². The zero-order valence-electron chi connectivity index (χ0n) is 19.7. The van der Waals surface area contributed by atoms with E-state index in [0.717, 1.165) is 10.5 Å². The van der Waals surface area contributed by atoms with Gasteiger partial charge in [-0.15, -0.1) is 5.10 Å². The molecule has 2 N–H and O–H groups in total. The number of hydrogen-bond donors (Lipinski definition) is 1. The largest absolute Gasteiger partial charge is 0.443 e. The van der Waals surface area contributed by atoms with Crippen molar-refractivity contribution in [1.82, 2.24) is 15.0 Å². The maximum atomic E-state index is 13.1. The summed E-state index contributed by atoms with van der Waals surface area (Å²) in [5, 5.41) is 8.15. The van der Waals surface area contributed by atoms with Gasteiger partial charge in [0.2, 0.25) is 0 Å². The predicted molar refractivity (Wildman–Crippen MR) is 125 cm³/mol. The van der Waals surface area contributed by atoms with E-state index in [9.17, 15) is 9.59 Å². The predicted octanol–water partition coefficient (Wildman–Crippen LogP) is 5.09. The summed E-state index contributed by atoms with van der Waals surface area (Å²) in [6, 6.07) is 7.14. The van der Waals surface area contributed by atoms with Gasteiger partial charge in [-0.2, -0.15) is 4.90 Å². The Hall–Kier alpha value is -3.62. The van der Waals surface area contributed by atoms with E-state index < -0.39 is 23.4 Å². The summed E-state index contributed by atoms with van der Waals surface area (Å²) in [5.41, 5.74) is 6.51. The summed E-state index contributed by atoms with van der Waals surface area (Å²) in [6.45, 7) is 15.8. The van der Waals surface area contributed by atoms with E-state index in [-0.39, 0.29) is 5.82 Å². The SMILES string of the molecule is C=Cn1nnc(N(C(=O)OC(C)(C)C)C(=O)OC(C)(C)C)c1/C(=C\C)c1ccc(N)cc1. The molecule has 172 valence electrons. The van der Waals surface area contributed by atoms with Crippen LogP contribution in [0, 0.1) is 0 Å². The second-order valence-electron chi connectivity index (χ2n) is 9.01. The second-order valence-corrected chi connectivity index (χ2v) is 9.01. The van der Waals surface area contributed by atoms with Crippen LogP contribution in [0.4, 0.5) is 21.1 Å². The van der Waals surface area contributed by atoms with Crippen LogP contribution in [-0.2, 0) is 9.47 Å². The first-order valence-corrected chi connectivity index (χ1v) is 10.1. The zero-order valence-corrected chi connectivity index (χ0v) is 19.7. The van der Waals surface area contributed by atoms with Crippen LogP contribution in [0.2, 0.25) is 0 Å². The quantitative estimate of drug-likeness (QED) is 0.658. The van der Waals surface area contributed by atoms with Crippen LogP contribution in [0.15, 0.2) is 36.9 Å². The number of carbonyl (C=O) groups excluding carboxylic acids is 2. The smallest absolute Gasteiger partial charge is 0.425 e. The van der Waals surface area contributed by atoms with Gasteiger partial charge in [0.05, 0.1) is 0 Å². The van der Waals surface area contributed by atoms with E-state index in [4.69, 9.17) is 15.2 Å². The molecule has 0 bridgehead atoms. The number of ether oxygens (including phenoxy) is 2. The fourth-order valence-corrected chi connectivity index (χ4v) is 2.77. The second kappa shape index (κ2) is 9.25. The number of imide groups is 1. The summed E-state index contributed by atoms with van der Waals surface area (Å²) in [6.07, 6.45) is 1.37. The van der Waals surface area contributed by atoms with E-state index in [1.165, 1.54) is 10.9 Å². The van der Waals surface area contributed by atoms with Crippen molar-refractivity contribution in [2.45, 2.75) is 59.7 Å². The summed E-state index contributed by atoms with van der Waals surface area (Å²) < 4.78 is 12.3. The van der Waals surface area contributed by atoms with Gasteiger partial charge in [-0.25, -0.2) is 14.3 Å². The van der Waals surface area contributed by atoms with Gasteiger partial charge < -0.3 is 15.2 Å². The summed E-state index contributed by atoms with van der Waals surface area (Å²) in [4.78, 5) is 26.9. The molecule has 9 heteroatoms. The standard InChI is InChI=1S/C23H31N5O4/c1-9-17(15-11-13-16(24)14-12-15)18-19(25-26-27(18)10-2)28(20(29)31-22(3,4)5)21(30)32-23(6,7)8/h9-14H,2,24H2,1,3-8H3/b17-9-. The van der Waals surface area contributed by atoms with Crippen LogP contribution in [0.5, 0.6) is 0 Å². The van der Waals surface area contributed by atoms with E-state index in [2.05, 4.69) is 16.9 Å². The minimum Gasteiger partial charge on any atom is -0.443 e. The molecule has 2 aromatic rings. The third-order valence-corrected chi connectivity index (χ3v) is 3.98. The van der Waals surface area contributed by atoms with Gasteiger partial charge in [-0.05, 0) is 66.2 Å². The molecule has 9 nitrogen and oxygen atoms in total. The first-order valence-electron chi connectivity index (χ1n) is 10.1. The lowest BCUT2D eigenvalue weighted by Crippen LogP contribution is -2.44. The summed E-state index contributed by atoms with van der Waals surface area (Å²) in [7, 11) is 0. The Kier molecular flexibility index (Phi) is 7.13. The molecular formula is C23H31N5O4. The van der Waals surface area contributed by atoms with Crippen molar-refractivity contribution in [3.8, 4) is 0 Å². The minimum absolute atomic E-state index is 0.0432. The van der Waals surface area contributed by atoms with Crippen molar-refractivity contribution in [2.75, 3.05) is 10.6 Å². The molecule has 1 aromatic heterocycles. The van der Waals surface area contributed by atoms with Crippen molar-refractivity contribution in [3.63, 3.8) is 0 Å². The van der Waals surface area contributed by atoms with Gasteiger partial charge >= 0.3 is 12.2 Å². The molecule has 32 heavy (non-hydrogen) atoms. The van der Waals surface area contributed by atoms with E-state index in [0.29, 0.717) is 17.0 Å². The average Bonchev–Trinajstić information content (AvgIpc) is 3.04. The van der Waals surface area contributed by atoms with E-state index in [1.807, 2.05) is 25.1 Å². The molecule has 0 aliphatic carbocycles. The summed E-state index contributed by atoms with van der Waals surface area (Å²) >= 11 is 0. The lowest BCUT2D eigenvalue weighted by atomic mass is 10.0. The van der Waals surface area contributed by atoms with Crippen LogP contribution >= 0.6 is 0 Å². The molecule has 0 radical (unpaired) electrons. The number of benzene rings is 1. The highest BCUT2D eigenvalue weighted by molar-refractivity contribution is 6.10. The third kappa shape index (κ3) is 5.96. The van der Waals surface area contributed by atoms with Gasteiger partial charge in [0, 0.05) is 17.5 Å². The minimum atomic E-state index is -0.933. The number of anilines is 2. The zero-order chi connectivity index (χ0) is 24.3. The number of rotatable bonds is 4. The molecule has 0 fully saturated rings. The third-order valence-electron chi connectivity index (χ3n) is 3.98. The molecule has 0 saturated carbocycles. The maximum absolute atomic E-state index is 13.1. The van der Waals surface area contributed by atoms with Crippen LogP contribution < -0.4 is 10.6 Å². The van der Waals surface area contributed by atoms with Crippen molar-refractivity contribution in [1.29, 1.82) is 0 Å². The molecule has 0 spiro atoms. The number of nitrogens with two attached hydrogens (primary N) is 1. The highest BCUT2D eigenvalue weighted by Crippen LogP contribution is 2.32. The number of amides is 2. The summed E-state index contributed by atoms with van der Waals surface area (Å²) in [5.74, 6) is -0.0432. The monoisotopic (exact) mass is 441 g/mol. The Morgan fingerprint density at radius 2 is 1.53 bits per heavy atom. The molecule has 0 aliphatic rings. The van der Waals surface area contributed by atoms with Crippen molar-refractivity contribution in [2.24, 2.45) is 0 Å². The average molecular weight is 442 g/mol. The van der Waals surface area contributed by atoms with Crippen LogP contribution in [0.3, 0.4) is 0 Å². The molecule has 0 aliphatic heterocycles. The van der Waals surface area contributed by atoms with Crippen LogP contribution in [0.25, 0.3) is 11.8 Å². The lowest BCUT2D eigenvalue weighted by molar-refractivity contribution is 0.0429. The van der Waals surface area contributed by atoms with Crippen LogP contribution in [-0.4, -0.2) is 38.4 Å². The molecule has 1 aromatic carbocycles. The van der Waals surface area contributed by atoms with Gasteiger partial charge in [0.15, 0.2) is 5.82 Å². The van der Waals surface area contributed by atoms with Gasteiger partial charge in [0.1, 0.15) is 16.9 Å². The first kappa shape index (κ1) is 24.6. The molecule has 2 amide bonds. The Balaban J connectivity index is 2.70. The number of hydrogen-bond acceptors (Lipinski definition) is 7. The number of aromatic nitrogens is 3. The number of nitrogens with zero attached hydrogens (tertiary/aromatic N) is 4. The van der Waals surface area contributed by atoms with E-state index >= 15 is 0 Å². The molecule has 2 rings (SSSR count). The lowest BCUT2D eigenvalue weighted by Gasteiger charge is -2.28. The molecular weight excluding hydrogens is 410 g/mol. The number of nitrogen functional groups attached to an aromatic ring is 1. The van der Waals surface area contributed by atoms with Gasteiger partial charge in [0.25, 0.3) is 0 Å². The van der Waals surface area contributed by atoms with Gasteiger partial charge in [-0.3, -0.25) is 0 Å². The molecule has 0 saturated heterocycles. The fourth-order valence-electron chi connectivity index (χ4n) is 2.77. The normalized spacial score (nSPS) is 12.3. The Bertz CT molecular complexity index is 996. The molecule has 0 atom stereocenters. The molecule has 1 heterocycles. The Morgan fingerprint density at radius 1 is 1.03 bits per heavy atom. The fraction of sp³-hybridized carbons (Fsp3) is 0.391. The topological polar surface area (TPSA) is 113 Å². The molecule has 0 unspecified atom stereocenters.